The van der Waals surface area contributed by atoms with Crippen LogP contribution in [0.3, 0.4) is 0 Å². The molecule has 1 unspecified atom stereocenters. The van der Waals surface area contributed by atoms with Crippen LogP contribution in [0.4, 0.5) is 0 Å². The first kappa shape index (κ1) is 16.4. The molecular weight excluding hydrogens is 240 g/mol. The smallest absolute Gasteiger partial charge is 0.322 e. The molecule has 0 aromatic rings. The molecule has 0 saturated heterocycles. The van der Waals surface area contributed by atoms with E-state index in [1.807, 2.05) is 0 Å². The monoisotopic (exact) mass is 270 g/mol. The number of rotatable bonds is 9. The Balaban J connectivity index is 2.44. The Hall–Kier alpha value is -0.610. The van der Waals surface area contributed by atoms with Crippen molar-refractivity contribution in [2.75, 3.05) is 20.2 Å². The molecule has 4 nitrogen and oxygen atoms in total. The molecule has 1 saturated carbocycles. The Morgan fingerprint density at radius 3 is 2.37 bits per heavy atom. The van der Waals surface area contributed by atoms with Gasteiger partial charge in [-0.2, -0.15) is 0 Å². The third-order valence-corrected chi connectivity index (χ3v) is 3.65. The van der Waals surface area contributed by atoms with Gasteiger partial charge in [0.2, 0.25) is 0 Å². The second kappa shape index (κ2) is 7.85. The first-order valence-corrected chi connectivity index (χ1v) is 7.52. The number of ether oxygens (including phenoxy) is 1. The van der Waals surface area contributed by atoms with Gasteiger partial charge in [-0.15, -0.1) is 0 Å². The second-order valence-electron chi connectivity index (χ2n) is 6.22. The molecule has 0 aromatic carbocycles. The van der Waals surface area contributed by atoms with Crippen molar-refractivity contribution in [3.8, 4) is 0 Å². The number of nitrogens with zero attached hydrogens (tertiary/aromatic N) is 1. The molecule has 19 heavy (non-hydrogen) atoms. The van der Waals surface area contributed by atoms with E-state index < -0.39 is 0 Å². The predicted octanol–water partition coefficient (Wildman–Crippen LogP) is 2.04. The number of hydrogen-bond acceptors (Lipinski definition) is 4. The fourth-order valence-electron chi connectivity index (χ4n) is 2.30. The number of carbonyl (C=O) groups excluding carboxylic acids is 1. The quantitative estimate of drug-likeness (QED) is 0.651. The van der Waals surface area contributed by atoms with Crippen molar-refractivity contribution in [2.24, 2.45) is 5.92 Å². The lowest BCUT2D eigenvalue weighted by molar-refractivity contribution is -0.143. The van der Waals surface area contributed by atoms with Crippen molar-refractivity contribution in [2.45, 2.75) is 65.1 Å². The van der Waals surface area contributed by atoms with Gasteiger partial charge in [0, 0.05) is 25.2 Å². The van der Waals surface area contributed by atoms with Crippen LogP contribution in [-0.2, 0) is 9.53 Å². The summed E-state index contributed by atoms with van der Waals surface area (Å²) < 4.78 is 4.88. The summed E-state index contributed by atoms with van der Waals surface area (Å²) in [6.07, 6.45) is 3.55. The van der Waals surface area contributed by atoms with E-state index >= 15 is 0 Å². The minimum Gasteiger partial charge on any atom is -0.468 e. The van der Waals surface area contributed by atoms with Crippen molar-refractivity contribution in [3.63, 3.8) is 0 Å². The highest BCUT2D eigenvalue weighted by atomic mass is 16.5. The zero-order valence-electron chi connectivity index (χ0n) is 13.1. The Morgan fingerprint density at radius 1 is 1.32 bits per heavy atom. The van der Waals surface area contributed by atoms with Gasteiger partial charge in [-0.3, -0.25) is 4.79 Å². The molecule has 1 aliphatic rings. The SMILES string of the molecule is COC(=O)C(CCN(CC1CC1)C(C)C)NC(C)C. The van der Waals surface area contributed by atoms with Crippen molar-refractivity contribution in [1.82, 2.24) is 10.2 Å². The van der Waals surface area contributed by atoms with Gasteiger partial charge in [0.15, 0.2) is 0 Å². The van der Waals surface area contributed by atoms with Crippen LogP contribution in [0.15, 0.2) is 0 Å². The Kier molecular flexibility index (Phi) is 6.80. The molecule has 1 aliphatic carbocycles. The summed E-state index contributed by atoms with van der Waals surface area (Å²) >= 11 is 0. The van der Waals surface area contributed by atoms with Crippen LogP contribution in [0, 0.1) is 5.92 Å². The van der Waals surface area contributed by atoms with Crippen LogP contribution >= 0.6 is 0 Å². The molecule has 1 rings (SSSR count). The molecule has 0 aliphatic heterocycles. The molecule has 0 bridgehead atoms. The topological polar surface area (TPSA) is 41.6 Å². The molecule has 1 fully saturated rings. The predicted molar refractivity (Wildman–Crippen MR) is 78.1 cm³/mol. The summed E-state index contributed by atoms with van der Waals surface area (Å²) in [5.41, 5.74) is 0. The maximum atomic E-state index is 11.8. The summed E-state index contributed by atoms with van der Waals surface area (Å²) in [6.45, 7) is 10.7. The van der Waals surface area contributed by atoms with Gasteiger partial charge in [-0.25, -0.2) is 0 Å². The third kappa shape index (κ3) is 6.39. The number of methoxy groups -OCH3 is 1. The van der Waals surface area contributed by atoms with Gasteiger partial charge in [-0.1, -0.05) is 13.8 Å². The molecule has 1 N–H and O–H groups in total. The lowest BCUT2D eigenvalue weighted by Gasteiger charge is -2.28. The molecule has 0 amide bonds. The highest BCUT2D eigenvalue weighted by molar-refractivity contribution is 5.75. The molecule has 4 heteroatoms. The largest absolute Gasteiger partial charge is 0.468 e. The van der Waals surface area contributed by atoms with E-state index in [9.17, 15) is 4.79 Å². The van der Waals surface area contributed by atoms with Crippen LogP contribution in [0.5, 0.6) is 0 Å². The minimum atomic E-state index is -0.189. The zero-order chi connectivity index (χ0) is 14.4. The van der Waals surface area contributed by atoms with Crippen molar-refractivity contribution < 1.29 is 9.53 Å². The van der Waals surface area contributed by atoms with E-state index in [0.29, 0.717) is 12.1 Å². The van der Waals surface area contributed by atoms with Crippen LogP contribution in [-0.4, -0.2) is 49.2 Å². The first-order valence-electron chi connectivity index (χ1n) is 7.52. The summed E-state index contributed by atoms with van der Waals surface area (Å²) in [6, 6.07) is 0.642. The van der Waals surface area contributed by atoms with Gasteiger partial charge >= 0.3 is 5.97 Å². The molecule has 112 valence electrons. The first-order chi connectivity index (χ1) is 8.93. The molecule has 0 aromatic heterocycles. The fraction of sp³-hybridized carbons (Fsp3) is 0.933. The third-order valence-electron chi connectivity index (χ3n) is 3.65. The second-order valence-corrected chi connectivity index (χ2v) is 6.22. The maximum absolute atomic E-state index is 11.8. The number of carbonyl (C=O) groups is 1. The van der Waals surface area contributed by atoms with Crippen molar-refractivity contribution in [1.29, 1.82) is 0 Å². The lowest BCUT2D eigenvalue weighted by atomic mass is 10.1. The molecule has 0 spiro atoms. The molecular formula is C15H30N2O2. The van der Waals surface area contributed by atoms with Crippen LogP contribution < -0.4 is 5.32 Å². The fourth-order valence-corrected chi connectivity index (χ4v) is 2.30. The normalized spacial score (nSPS) is 17.3. The molecule has 1 atom stereocenters. The average Bonchev–Trinajstić information content (AvgIpc) is 3.14. The number of esters is 1. The van der Waals surface area contributed by atoms with Crippen LogP contribution in [0.1, 0.15) is 47.0 Å². The summed E-state index contributed by atoms with van der Waals surface area (Å²) in [5.74, 6) is 0.737. The standard InChI is InChI=1S/C15H30N2O2/c1-11(2)16-14(15(18)19-5)8-9-17(12(3)4)10-13-6-7-13/h11-14,16H,6-10H2,1-5H3. The van der Waals surface area contributed by atoms with Gasteiger partial charge < -0.3 is 15.0 Å². The van der Waals surface area contributed by atoms with Crippen molar-refractivity contribution in [3.05, 3.63) is 0 Å². The van der Waals surface area contributed by atoms with Crippen LogP contribution in [0.2, 0.25) is 0 Å². The van der Waals surface area contributed by atoms with Gasteiger partial charge in [0.1, 0.15) is 6.04 Å². The maximum Gasteiger partial charge on any atom is 0.322 e. The molecule has 0 radical (unpaired) electrons. The Bertz CT molecular complexity index is 275. The molecule has 0 heterocycles. The number of nitrogens with one attached hydrogen (secondary N) is 1. The average molecular weight is 270 g/mol. The van der Waals surface area contributed by atoms with Gasteiger partial charge in [0.25, 0.3) is 0 Å². The van der Waals surface area contributed by atoms with E-state index in [2.05, 4.69) is 37.9 Å². The minimum absolute atomic E-state index is 0.149. The van der Waals surface area contributed by atoms with E-state index in [-0.39, 0.29) is 12.0 Å². The van der Waals surface area contributed by atoms with Gasteiger partial charge in [0.05, 0.1) is 7.11 Å². The van der Waals surface area contributed by atoms with E-state index in [4.69, 9.17) is 4.74 Å². The van der Waals surface area contributed by atoms with E-state index in [1.165, 1.54) is 26.5 Å². The van der Waals surface area contributed by atoms with Gasteiger partial charge in [-0.05, 0) is 39.0 Å². The number of hydrogen-bond donors (Lipinski definition) is 1. The lowest BCUT2D eigenvalue weighted by Crippen LogP contribution is -2.45. The highest BCUT2D eigenvalue weighted by Crippen LogP contribution is 2.30. The van der Waals surface area contributed by atoms with Crippen LogP contribution in [0.25, 0.3) is 0 Å². The van der Waals surface area contributed by atoms with E-state index in [1.54, 1.807) is 0 Å². The Labute approximate surface area is 117 Å². The zero-order valence-corrected chi connectivity index (χ0v) is 13.1. The Morgan fingerprint density at radius 2 is 1.95 bits per heavy atom. The highest BCUT2D eigenvalue weighted by Gasteiger charge is 2.27. The summed E-state index contributed by atoms with van der Waals surface area (Å²) in [4.78, 5) is 14.2. The van der Waals surface area contributed by atoms with E-state index in [0.717, 1.165) is 18.9 Å². The summed E-state index contributed by atoms with van der Waals surface area (Å²) in [5, 5.41) is 3.29. The van der Waals surface area contributed by atoms with Crippen molar-refractivity contribution >= 4 is 5.97 Å². The summed E-state index contributed by atoms with van der Waals surface area (Å²) in [7, 11) is 1.46.